The quantitative estimate of drug-likeness (QED) is 0.606. The molecule has 0 radical (unpaired) electrons. The number of anilines is 1. The molecule has 5 rings (SSSR count). The summed E-state index contributed by atoms with van der Waals surface area (Å²) in [5.41, 5.74) is 5.99. The monoisotopic (exact) mass is 402 g/mol. The number of carbonyl (C=O) groups is 1. The molecule has 0 fully saturated rings. The van der Waals surface area contributed by atoms with Gasteiger partial charge in [0.1, 0.15) is 0 Å². The van der Waals surface area contributed by atoms with Gasteiger partial charge in [-0.1, -0.05) is 60.3 Å². The SMILES string of the molecule is CCn1c(SCC(=O)N2CCc3ccccc32)nnc1C1=CCc2ccccc21. The largest absolute Gasteiger partial charge is 0.311 e. The van der Waals surface area contributed by atoms with E-state index in [9.17, 15) is 4.79 Å². The number of para-hydroxylation sites is 1. The van der Waals surface area contributed by atoms with Gasteiger partial charge in [-0.3, -0.25) is 4.79 Å². The molecule has 2 aliphatic rings. The normalized spacial score (nSPS) is 14.7. The summed E-state index contributed by atoms with van der Waals surface area (Å²) in [6, 6.07) is 16.6. The van der Waals surface area contributed by atoms with Crippen molar-refractivity contribution >= 4 is 28.9 Å². The Morgan fingerprint density at radius 1 is 1.07 bits per heavy atom. The molecule has 0 spiro atoms. The Labute approximate surface area is 174 Å². The van der Waals surface area contributed by atoms with Crippen LogP contribution < -0.4 is 4.90 Å². The molecule has 0 bridgehead atoms. The lowest BCUT2D eigenvalue weighted by Crippen LogP contribution is -2.30. The van der Waals surface area contributed by atoms with Gasteiger partial charge in [-0.15, -0.1) is 10.2 Å². The third kappa shape index (κ3) is 3.17. The number of thioether (sulfide) groups is 1. The molecule has 5 nitrogen and oxygen atoms in total. The first-order valence-corrected chi connectivity index (χ1v) is 11.0. The lowest BCUT2D eigenvalue weighted by atomic mass is 10.1. The lowest BCUT2D eigenvalue weighted by Gasteiger charge is -2.17. The van der Waals surface area contributed by atoms with Crippen molar-refractivity contribution in [2.45, 2.75) is 31.5 Å². The second-order valence-electron chi connectivity index (χ2n) is 7.24. The Hall–Kier alpha value is -2.86. The Kier molecular flexibility index (Phi) is 4.72. The molecule has 146 valence electrons. The molecule has 1 aliphatic heterocycles. The molecule has 1 aromatic heterocycles. The number of amides is 1. The minimum absolute atomic E-state index is 0.123. The highest BCUT2D eigenvalue weighted by molar-refractivity contribution is 7.99. The minimum Gasteiger partial charge on any atom is -0.311 e. The maximum atomic E-state index is 12.8. The Morgan fingerprint density at radius 3 is 2.72 bits per heavy atom. The van der Waals surface area contributed by atoms with E-state index in [2.05, 4.69) is 58.1 Å². The van der Waals surface area contributed by atoms with Gasteiger partial charge in [0.15, 0.2) is 11.0 Å². The van der Waals surface area contributed by atoms with Crippen molar-refractivity contribution in [2.75, 3.05) is 17.2 Å². The predicted octanol–water partition coefficient (Wildman–Crippen LogP) is 3.97. The highest BCUT2D eigenvalue weighted by atomic mass is 32.2. The highest BCUT2D eigenvalue weighted by Crippen LogP contribution is 2.33. The van der Waals surface area contributed by atoms with Crippen molar-refractivity contribution in [1.29, 1.82) is 0 Å². The van der Waals surface area contributed by atoms with Crippen LogP contribution in [-0.4, -0.2) is 33.0 Å². The zero-order chi connectivity index (χ0) is 19.8. The van der Waals surface area contributed by atoms with Gasteiger partial charge >= 0.3 is 0 Å². The summed E-state index contributed by atoms with van der Waals surface area (Å²) in [5, 5.41) is 9.69. The average molecular weight is 403 g/mol. The fourth-order valence-electron chi connectivity index (χ4n) is 4.18. The van der Waals surface area contributed by atoms with Crippen molar-refractivity contribution in [3.05, 3.63) is 77.1 Å². The zero-order valence-electron chi connectivity index (χ0n) is 16.3. The predicted molar refractivity (Wildman–Crippen MR) is 116 cm³/mol. The molecule has 0 saturated heterocycles. The molecule has 6 heteroatoms. The molecule has 2 aromatic carbocycles. The summed E-state index contributed by atoms with van der Waals surface area (Å²) in [7, 11) is 0. The van der Waals surface area contributed by atoms with Gasteiger partial charge in [0.2, 0.25) is 5.91 Å². The summed E-state index contributed by atoms with van der Waals surface area (Å²) in [6.07, 6.45) is 4.08. The van der Waals surface area contributed by atoms with Crippen LogP contribution in [0.4, 0.5) is 5.69 Å². The van der Waals surface area contributed by atoms with Gasteiger partial charge in [0.05, 0.1) is 5.75 Å². The number of allylic oxidation sites excluding steroid dienone is 1. The van der Waals surface area contributed by atoms with Crippen molar-refractivity contribution in [3.8, 4) is 0 Å². The molecule has 0 atom stereocenters. The first-order chi connectivity index (χ1) is 14.3. The van der Waals surface area contributed by atoms with Gasteiger partial charge < -0.3 is 9.47 Å². The molecule has 29 heavy (non-hydrogen) atoms. The van der Waals surface area contributed by atoms with Gasteiger partial charge in [0, 0.05) is 24.4 Å². The van der Waals surface area contributed by atoms with Gasteiger partial charge in [0.25, 0.3) is 0 Å². The van der Waals surface area contributed by atoms with E-state index < -0.39 is 0 Å². The zero-order valence-corrected chi connectivity index (χ0v) is 17.2. The summed E-state index contributed by atoms with van der Waals surface area (Å²) in [5.74, 6) is 1.37. The maximum Gasteiger partial charge on any atom is 0.237 e. The van der Waals surface area contributed by atoms with Gasteiger partial charge in [-0.05, 0) is 42.5 Å². The third-order valence-corrected chi connectivity index (χ3v) is 6.57. The van der Waals surface area contributed by atoms with E-state index in [-0.39, 0.29) is 5.91 Å². The lowest BCUT2D eigenvalue weighted by molar-refractivity contribution is -0.116. The van der Waals surface area contributed by atoms with Crippen LogP contribution in [-0.2, 0) is 24.2 Å². The number of aromatic nitrogens is 3. The summed E-state index contributed by atoms with van der Waals surface area (Å²) in [6.45, 7) is 3.62. The van der Waals surface area contributed by atoms with Crippen LogP contribution >= 0.6 is 11.8 Å². The number of carbonyl (C=O) groups excluding carboxylic acids is 1. The molecule has 0 unspecified atom stereocenters. The van der Waals surface area contributed by atoms with E-state index >= 15 is 0 Å². The van der Waals surface area contributed by atoms with Crippen LogP contribution in [0.5, 0.6) is 0 Å². The number of hydrogen-bond donors (Lipinski definition) is 0. The smallest absolute Gasteiger partial charge is 0.237 e. The highest BCUT2D eigenvalue weighted by Gasteiger charge is 2.26. The standard InChI is InChI=1S/C23H22N4OS/c1-2-26-22(19-12-11-16-7-3-5-9-18(16)19)24-25-23(26)29-15-21(28)27-14-13-17-8-4-6-10-20(17)27/h3-10,12H,2,11,13-15H2,1H3. The molecule has 0 saturated carbocycles. The molecular weight excluding hydrogens is 380 g/mol. The van der Waals surface area contributed by atoms with Crippen LogP contribution in [0.15, 0.2) is 59.8 Å². The van der Waals surface area contributed by atoms with Crippen LogP contribution in [0.3, 0.4) is 0 Å². The van der Waals surface area contributed by atoms with E-state index in [4.69, 9.17) is 0 Å². The first-order valence-electron chi connectivity index (χ1n) is 9.99. The molecule has 1 amide bonds. The van der Waals surface area contributed by atoms with Crippen LogP contribution in [0.1, 0.15) is 29.4 Å². The Bertz CT molecular complexity index is 1120. The fourth-order valence-corrected chi connectivity index (χ4v) is 5.05. The second kappa shape index (κ2) is 7.52. The Morgan fingerprint density at radius 2 is 1.86 bits per heavy atom. The number of benzene rings is 2. The van der Waals surface area contributed by atoms with E-state index in [1.165, 1.54) is 28.5 Å². The average Bonchev–Trinajstić information content (AvgIpc) is 3.47. The maximum absolute atomic E-state index is 12.8. The van der Waals surface area contributed by atoms with E-state index in [0.29, 0.717) is 5.75 Å². The van der Waals surface area contributed by atoms with Crippen molar-refractivity contribution in [3.63, 3.8) is 0 Å². The topological polar surface area (TPSA) is 51.0 Å². The van der Waals surface area contributed by atoms with Crippen LogP contribution in [0.25, 0.3) is 5.57 Å². The van der Waals surface area contributed by atoms with Gasteiger partial charge in [-0.25, -0.2) is 0 Å². The first kappa shape index (κ1) is 18.2. The summed E-state index contributed by atoms with van der Waals surface area (Å²) < 4.78 is 2.11. The number of rotatable bonds is 5. The van der Waals surface area contributed by atoms with Crippen molar-refractivity contribution in [1.82, 2.24) is 14.8 Å². The van der Waals surface area contributed by atoms with E-state index in [0.717, 1.165) is 48.2 Å². The van der Waals surface area contributed by atoms with Gasteiger partial charge in [-0.2, -0.15) is 0 Å². The second-order valence-corrected chi connectivity index (χ2v) is 8.18. The number of fused-ring (bicyclic) bond motifs is 2. The molecule has 3 aromatic rings. The minimum atomic E-state index is 0.123. The van der Waals surface area contributed by atoms with Crippen molar-refractivity contribution < 1.29 is 4.79 Å². The summed E-state index contributed by atoms with van der Waals surface area (Å²) in [4.78, 5) is 14.7. The number of nitrogens with zero attached hydrogens (tertiary/aromatic N) is 4. The molecule has 0 N–H and O–H groups in total. The molecule has 2 heterocycles. The summed E-state index contributed by atoms with van der Waals surface area (Å²) >= 11 is 1.47. The Balaban J connectivity index is 1.34. The molecule has 1 aliphatic carbocycles. The van der Waals surface area contributed by atoms with E-state index in [1.54, 1.807) is 0 Å². The van der Waals surface area contributed by atoms with Crippen LogP contribution in [0, 0.1) is 0 Å². The molecular formula is C23H22N4OS. The van der Waals surface area contributed by atoms with Crippen molar-refractivity contribution in [2.24, 2.45) is 0 Å². The van der Waals surface area contributed by atoms with Crippen LogP contribution in [0.2, 0.25) is 0 Å². The third-order valence-electron chi connectivity index (χ3n) is 5.62. The number of hydrogen-bond acceptors (Lipinski definition) is 4. The van der Waals surface area contributed by atoms with E-state index in [1.807, 2.05) is 23.1 Å². The fraction of sp³-hybridized carbons (Fsp3) is 0.261.